The standard InChI is InChI=1S/C19H19ClN2O2S2/c1-13-3-2-4-14(9-13)10-25-19-21-17-11-26(23,24)12-18(17)22(19)16-7-5-15(20)6-8-16/h2-9,17-18H,10-12H2,1H3/t17-,18-/m0/s1. The Bertz CT molecular complexity index is 958. The van der Waals surface area contributed by atoms with Gasteiger partial charge in [0, 0.05) is 16.5 Å². The van der Waals surface area contributed by atoms with Crippen LogP contribution in [0, 0.1) is 6.92 Å². The van der Waals surface area contributed by atoms with Crippen LogP contribution in [0.4, 0.5) is 5.69 Å². The molecule has 0 amide bonds. The first-order valence-corrected chi connectivity index (χ1v) is 11.6. The van der Waals surface area contributed by atoms with Gasteiger partial charge in [0.1, 0.15) is 0 Å². The summed E-state index contributed by atoms with van der Waals surface area (Å²) in [7, 11) is -3.03. The predicted octanol–water partition coefficient (Wildman–Crippen LogP) is 3.92. The van der Waals surface area contributed by atoms with Gasteiger partial charge >= 0.3 is 0 Å². The van der Waals surface area contributed by atoms with E-state index in [2.05, 4.69) is 36.1 Å². The molecule has 26 heavy (non-hydrogen) atoms. The average Bonchev–Trinajstić information content (AvgIpc) is 3.05. The first-order chi connectivity index (χ1) is 12.4. The minimum atomic E-state index is -3.03. The summed E-state index contributed by atoms with van der Waals surface area (Å²) in [6.45, 7) is 2.08. The molecule has 0 aliphatic carbocycles. The van der Waals surface area contributed by atoms with E-state index >= 15 is 0 Å². The molecule has 1 saturated heterocycles. The molecule has 2 atom stereocenters. The van der Waals surface area contributed by atoms with Gasteiger partial charge in [0.15, 0.2) is 15.0 Å². The van der Waals surface area contributed by atoms with Crippen LogP contribution in [0.15, 0.2) is 53.5 Å². The van der Waals surface area contributed by atoms with Gasteiger partial charge in [0.05, 0.1) is 23.6 Å². The Balaban J connectivity index is 1.61. The summed E-state index contributed by atoms with van der Waals surface area (Å²) >= 11 is 7.68. The molecule has 2 aromatic carbocycles. The maximum atomic E-state index is 12.1. The Kier molecular flexibility index (Phi) is 4.75. The molecule has 4 rings (SSSR count). The van der Waals surface area contributed by atoms with E-state index in [1.807, 2.05) is 24.3 Å². The zero-order valence-electron chi connectivity index (χ0n) is 14.3. The van der Waals surface area contributed by atoms with Gasteiger partial charge in [-0.3, -0.25) is 4.99 Å². The number of anilines is 1. The van der Waals surface area contributed by atoms with Gasteiger partial charge in [0.25, 0.3) is 0 Å². The number of hydrogen-bond acceptors (Lipinski definition) is 5. The Morgan fingerprint density at radius 1 is 1.19 bits per heavy atom. The molecule has 4 nitrogen and oxygen atoms in total. The van der Waals surface area contributed by atoms with Crippen LogP contribution in [0.2, 0.25) is 5.02 Å². The van der Waals surface area contributed by atoms with Crippen molar-refractivity contribution in [1.29, 1.82) is 0 Å². The van der Waals surface area contributed by atoms with E-state index in [9.17, 15) is 8.42 Å². The van der Waals surface area contributed by atoms with Crippen LogP contribution < -0.4 is 4.90 Å². The second-order valence-electron chi connectivity index (χ2n) is 6.75. The topological polar surface area (TPSA) is 49.7 Å². The minimum Gasteiger partial charge on any atom is -0.315 e. The SMILES string of the molecule is Cc1cccc(CSC2=N[C@H]3CS(=O)(=O)C[C@@H]3N2c2ccc(Cl)cc2)c1. The molecule has 2 aromatic rings. The van der Waals surface area contributed by atoms with Crippen molar-refractivity contribution in [3.05, 3.63) is 64.7 Å². The molecule has 0 saturated carbocycles. The number of thioether (sulfide) groups is 1. The van der Waals surface area contributed by atoms with Crippen molar-refractivity contribution in [2.45, 2.75) is 24.8 Å². The lowest BCUT2D eigenvalue weighted by molar-refractivity contribution is 0.601. The number of fused-ring (bicyclic) bond motifs is 1. The number of aliphatic imine (C=N–C) groups is 1. The molecule has 0 aromatic heterocycles. The molecule has 7 heteroatoms. The zero-order chi connectivity index (χ0) is 18.3. The third-order valence-electron chi connectivity index (χ3n) is 4.66. The van der Waals surface area contributed by atoms with Gasteiger partial charge in [-0.2, -0.15) is 0 Å². The number of amidine groups is 1. The van der Waals surface area contributed by atoms with E-state index in [4.69, 9.17) is 16.6 Å². The van der Waals surface area contributed by atoms with E-state index in [1.54, 1.807) is 11.8 Å². The highest BCUT2D eigenvalue weighted by Crippen LogP contribution is 2.36. The van der Waals surface area contributed by atoms with Crippen molar-refractivity contribution in [2.24, 2.45) is 4.99 Å². The lowest BCUT2D eigenvalue weighted by atomic mass is 10.1. The van der Waals surface area contributed by atoms with Crippen LogP contribution in [-0.4, -0.2) is 37.2 Å². The van der Waals surface area contributed by atoms with Crippen LogP contribution >= 0.6 is 23.4 Å². The van der Waals surface area contributed by atoms with Gasteiger partial charge in [-0.25, -0.2) is 8.42 Å². The van der Waals surface area contributed by atoms with Gasteiger partial charge in [-0.15, -0.1) is 0 Å². The number of rotatable bonds is 3. The maximum absolute atomic E-state index is 12.1. The number of sulfone groups is 1. The minimum absolute atomic E-state index is 0.124. The third-order valence-corrected chi connectivity index (χ3v) is 7.65. The van der Waals surface area contributed by atoms with Gasteiger partial charge in [0.2, 0.25) is 0 Å². The number of nitrogens with zero attached hydrogens (tertiary/aromatic N) is 2. The highest BCUT2D eigenvalue weighted by atomic mass is 35.5. The van der Waals surface area contributed by atoms with Crippen LogP contribution in [0.1, 0.15) is 11.1 Å². The number of benzene rings is 2. The summed E-state index contributed by atoms with van der Waals surface area (Å²) in [5.41, 5.74) is 3.40. The van der Waals surface area contributed by atoms with E-state index in [0.717, 1.165) is 16.6 Å². The molecule has 2 aliphatic rings. The highest BCUT2D eigenvalue weighted by molar-refractivity contribution is 8.13. The zero-order valence-corrected chi connectivity index (χ0v) is 16.7. The fraction of sp³-hybridized carbons (Fsp3) is 0.316. The van der Waals surface area contributed by atoms with Crippen molar-refractivity contribution in [3.8, 4) is 0 Å². The van der Waals surface area contributed by atoms with Crippen molar-refractivity contribution >= 4 is 44.1 Å². The summed E-state index contributed by atoms with van der Waals surface area (Å²) in [6, 6.07) is 15.6. The van der Waals surface area contributed by atoms with E-state index in [-0.39, 0.29) is 23.6 Å². The first-order valence-electron chi connectivity index (χ1n) is 8.43. The summed E-state index contributed by atoms with van der Waals surface area (Å²) in [4.78, 5) is 6.83. The molecule has 0 radical (unpaired) electrons. The molecule has 0 bridgehead atoms. The van der Waals surface area contributed by atoms with Gasteiger partial charge in [-0.1, -0.05) is 53.2 Å². The quantitative estimate of drug-likeness (QED) is 0.775. The predicted molar refractivity (Wildman–Crippen MR) is 110 cm³/mol. The third kappa shape index (κ3) is 3.63. The maximum Gasteiger partial charge on any atom is 0.164 e. The van der Waals surface area contributed by atoms with E-state index in [1.165, 1.54) is 11.1 Å². The molecule has 2 aliphatic heterocycles. The summed E-state index contributed by atoms with van der Waals surface area (Å²) in [6.07, 6.45) is 0. The smallest absolute Gasteiger partial charge is 0.164 e. The fourth-order valence-corrected chi connectivity index (χ4v) is 6.52. The van der Waals surface area contributed by atoms with Crippen molar-refractivity contribution in [1.82, 2.24) is 0 Å². The first kappa shape index (κ1) is 17.9. The summed E-state index contributed by atoms with van der Waals surface area (Å²) < 4.78 is 24.1. The normalized spacial score (nSPS) is 23.8. The Morgan fingerprint density at radius 3 is 2.69 bits per heavy atom. The molecule has 0 spiro atoms. The van der Waals surface area contributed by atoms with Crippen molar-refractivity contribution < 1.29 is 8.42 Å². The van der Waals surface area contributed by atoms with Gasteiger partial charge in [-0.05, 0) is 36.8 Å². The second-order valence-corrected chi connectivity index (χ2v) is 10.3. The largest absolute Gasteiger partial charge is 0.315 e. The van der Waals surface area contributed by atoms with E-state index < -0.39 is 9.84 Å². The molecule has 2 heterocycles. The molecular formula is C19H19ClN2O2S2. The van der Waals surface area contributed by atoms with Crippen molar-refractivity contribution in [2.75, 3.05) is 16.4 Å². The van der Waals surface area contributed by atoms with Crippen molar-refractivity contribution in [3.63, 3.8) is 0 Å². The van der Waals surface area contributed by atoms with Crippen LogP contribution in [0.3, 0.4) is 0 Å². The van der Waals surface area contributed by atoms with Crippen LogP contribution in [-0.2, 0) is 15.6 Å². The monoisotopic (exact) mass is 406 g/mol. The Hall–Kier alpha value is -1.50. The fourth-order valence-electron chi connectivity index (χ4n) is 3.49. The Labute approximate surface area is 163 Å². The number of hydrogen-bond donors (Lipinski definition) is 0. The molecular weight excluding hydrogens is 388 g/mol. The molecule has 136 valence electrons. The van der Waals surface area contributed by atoms with Gasteiger partial charge < -0.3 is 4.90 Å². The molecule has 0 N–H and O–H groups in total. The second kappa shape index (κ2) is 6.91. The lowest BCUT2D eigenvalue weighted by Gasteiger charge is -2.26. The highest BCUT2D eigenvalue weighted by Gasteiger charge is 2.47. The number of halogens is 1. The summed E-state index contributed by atoms with van der Waals surface area (Å²) in [5.74, 6) is 1.09. The van der Waals surface area contributed by atoms with E-state index in [0.29, 0.717) is 5.02 Å². The molecule has 0 unspecified atom stereocenters. The van der Waals surface area contributed by atoms with Crippen LogP contribution in [0.5, 0.6) is 0 Å². The van der Waals surface area contributed by atoms with Crippen LogP contribution in [0.25, 0.3) is 0 Å². The lowest BCUT2D eigenvalue weighted by Crippen LogP contribution is -2.39. The number of aryl methyl sites for hydroxylation is 1. The Morgan fingerprint density at radius 2 is 1.96 bits per heavy atom. The molecule has 1 fully saturated rings. The summed E-state index contributed by atoms with van der Waals surface area (Å²) in [5, 5.41) is 1.55. The average molecular weight is 407 g/mol.